The van der Waals surface area contributed by atoms with Crippen LogP contribution in [-0.2, 0) is 0 Å². The Labute approximate surface area is 95.5 Å². The third kappa shape index (κ3) is 2.46. The molecule has 0 aliphatic rings. The fraction of sp³-hybridized carbons (Fsp3) is 0.222. The van der Waals surface area contributed by atoms with Crippen LogP contribution in [-0.4, -0.2) is 21.2 Å². The van der Waals surface area contributed by atoms with E-state index >= 15 is 0 Å². The summed E-state index contributed by atoms with van der Waals surface area (Å²) < 4.78 is 0. The van der Waals surface area contributed by atoms with Crippen molar-refractivity contribution >= 4 is 17.3 Å². The summed E-state index contributed by atoms with van der Waals surface area (Å²) in [5, 5.41) is 37.8. The number of hydrogen-bond donors (Lipinski definition) is 2. The van der Waals surface area contributed by atoms with Crippen molar-refractivity contribution in [2.45, 2.75) is 12.2 Å². The van der Waals surface area contributed by atoms with E-state index in [0.717, 1.165) is 6.07 Å². The van der Waals surface area contributed by atoms with Crippen LogP contribution in [0.3, 0.4) is 0 Å². The topological polar surface area (TPSA) is 107 Å². The van der Waals surface area contributed by atoms with Crippen molar-refractivity contribution in [1.29, 1.82) is 5.26 Å². The molecule has 2 N–H and O–H groups in total. The van der Waals surface area contributed by atoms with Crippen LogP contribution in [0.2, 0.25) is 5.02 Å². The summed E-state index contributed by atoms with van der Waals surface area (Å²) in [6, 6.07) is 4.97. The van der Waals surface area contributed by atoms with E-state index in [4.69, 9.17) is 22.0 Å². The van der Waals surface area contributed by atoms with E-state index in [9.17, 15) is 15.2 Å². The molecule has 0 spiro atoms. The van der Waals surface area contributed by atoms with E-state index in [1.165, 1.54) is 18.2 Å². The molecular formula is C9H7ClN2O4. The smallest absolute Gasteiger partial charge is 0.276 e. The van der Waals surface area contributed by atoms with Gasteiger partial charge in [0, 0.05) is 11.1 Å². The van der Waals surface area contributed by atoms with Crippen molar-refractivity contribution in [3.05, 3.63) is 38.9 Å². The van der Waals surface area contributed by atoms with Crippen LogP contribution in [0, 0.1) is 21.4 Å². The molecule has 6 nitrogen and oxygen atoms in total. The fourth-order valence-corrected chi connectivity index (χ4v) is 1.33. The Morgan fingerprint density at radius 1 is 1.50 bits per heavy atom. The van der Waals surface area contributed by atoms with Crippen LogP contribution in [0.4, 0.5) is 5.69 Å². The van der Waals surface area contributed by atoms with Crippen LogP contribution in [0.15, 0.2) is 18.2 Å². The average Bonchev–Trinajstić information content (AvgIpc) is 2.26. The van der Waals surface area contributed by atoms with Crippen molar-refractivity contribution in [2.75, 3.05) is 0 Å². The molecule has 1 aromatic rings. The lowest BCUT2D eigenvalue weighted by Gasteiger charge is -2.12. The van der Waals surface area contributed by atoms with Gasteiger partial charge in [-0.3, -0.25) is 10.1 Å². The molecule has 1 rings (SSSR count). The number of aliphatic hydroxyl groups excluding tert-OH is 2. The van der Waals surface area contributed by atoms with Gasteiger partial charge in [-0.15, -0.1) is 0 Å². The molecule has 7 heteroatoms. The second-order valence-electron chi connectivity index (χ2n) is 2.98. The monoisotopic (exact) mass is 242 g/mol. The average molecular weight is 243 g/mol. The molecule has 0 bridgehead atoms. The summed E-state index contributed by atoms with van der Waals surface area (Å²) >= 11 is 5.57. The minimum atomic E-state index is -1.72. The predicted octanol–water partition coefficient (Wildman–Crippen LogP) is 1.17. The second kappa shape index (κ2) is 4.90. The quantitative estimate of drug-likeness (QED) is 0.470. The number of benzene rings is 1. The lowest BCUT2D eigenvalue weighted by molar-refractivity contribution is -0.386. The molecule has 84 valence electrons. The standard InChI is InChI=1S/C9H7ClN2O4/c10-5-1-2-6(7(3-5)12(15)16)9(14)8(13)4-11/h1-3,8-9,13-14H. The molecule has 0 amide bonds. The number of aliphatic hydroxyl groups is 2. The number of nitrogens with zero attached hydrogens (tertiary/aromatic N) is 2. The highest BCUT2D eigenvalue weighted by atomic mass is 35.5. The van der Waals surface area contributed by atoms with Gasteiger partial charge in [-0.05, 0) is 12.1 Å². The van der Waals surface area contributed by atoms with E-state index in [2.05, 4.69) is 0 Å². The van der Waals surface area contributed by atoms with Gasteiger partial charge in [0.2, 0.25) is 0 Å². The molecule has 0 heterocycles. The molecule has 0 aliphatic carbocycles. The Morgan fingerprint density at radius 2 is 2.12 bits per heavy atom. The summed E-state index contributed by atoms with van der Waals surface area (Å²) in [4.78, 5) is 9.92. The molecule has 0 saturated heterocycles. The molecule has 2 unspecified atom stereocenters. The van der Waals surface area contributed by atoms with Crippen LogP contribution in [0.25, 0.3) is 0 Å². The molecular weight excluding hydrogens is 236 g/mol. The first-order valence-electron chi connectivity index (χ1n) is 4.17. The summed E-state index contributed by atoms with van der Waals surface area (Å²) in [5.41, 5.74) is -0.585. The largest absolute Gasteiger partial charge is 0.384 e. The number of halogens is 1. The summed E-state index contributed by atoms with van der Waals surface area (Å²) in [7, 11) is 0. The van der Waals surface area contributed by atoms with Gasteiger partial charge < -0.3 is 10.2 Å². The highest BCUT2D eigenvalue weighted by molar-refractivity contribution is 6.30. The van der Waals surface area contributed by atoms with Gasteiger partial charge in [-0.2, -0.15) is 5.26 Å². The maximum atomic E-state index is 10.7. The number of hydrogen-bond acceptors (Lipinski definition) is 5. The van der Waals surface area contributed by atoms with E-state index in [0.29, 0.717) is 0 Å². The molecule has 0 aromatic heterocycles. The van der Waals surface area contributed by atoms with Crippen molar-refractivity contribution in [3.63, 3.8) is 0 Å². The first-order chi connectivity index (χ1) is 7.47. The summed E-state index contributed by atoms with van der Waals surface area (Å²) in [6.07, 6.45) is -3.36. The number of nitriles is 1. The van der Waals surface area contributed by atoms with Gasteiger partial charge in [-0.1, -0.05) is 11.6 Å². The molecule has 2 atom stereocenters. The molecule has 0 radical (unpaired) electrons. The highest BCUT2D eigenvalue weighted by Gasteiger charge is 2.26. The predicted molar refractivity (Wildman–Crippen MR) is 54.7 cm³/mol. The Bertz CT molecular complexity index is 457. The number of nitro groups is 1. The number of rotatable bonds is 3. The SMILES string of the molecule is N#CC(O)C(O)c1ccc(Cl)cc1[N+](=O)[O-]. The second-order valence-corrected chi connectivity index (χ2v) is 3.42. The highest BCUT2D eigenvalue weighted by Crippen LogP contribution is 2.29. The van der Waals surface area contributed by atoms with Gasteiger partial charge >= 0.3 is 0 Å². The van der Waals surface area contributed by atoms with Gasteiger partial charge in [0.15, 0.2) is 6.10 Å². The van der Waals surface area contributed by atoms with E-state index < -0.39 is 22.8 Å². The van der Waals surface area contributed by atoms with Gasteiger partial charge in [-0.25, -0.2) is 0 Å². The third-order valence-corrected chi connectivity index (χ3v) is 2.17. The maximum absolute atomic E-state index is 10.7. The lowest BCUT2D eigenvalue weighted by atomic mass is 10.0. The minimum absolute atomic E-state index is 0.133. The molecule has 16 heavy (non-hydrogen) atoms. The first kappa shape index (κ1) is 12.4. The van der Waals surface area contributed by atoms with Crippen molar-refractivity contribution < 1.29 is 15.1 Å². The zero-order valence-electron chi connectivity index (χ0n) is 7.87. The molecule has 0 aliphatic heterocycles. The minimum Gasteiger partial charge on any atom is -0.384 e. The third-order valence-electron chi connectivity index (χ3n) is 1.94. The van der Waals surface area contributed by atoms with Crippen molar-refractivity contribution in [3.8, 4) is 6.07 Å². The van der Waals surface area contributed by atoms with E-state index in [1.54, 1.807) is 0 Å². The van der Waals surface area contributed by atoms with E-state index in [-0.39, 0.29) is 10.6 Å². The first-order valence-corrected chi connectivity index (χ1v) is 4.54. The number of nitro benzene ring substituents is 1. The fourth-order valence-electron chi connectivity index (χ4n) is 1.17. The van der Waals surface area contributed by atoms with Gasteiger partial charge in [0.25, 0.3) is 5.69 Å². The van der Waals surface area contributed by atoms with Crippen molar-refractivity contribution in [1.82, 2.24) is 0 Å². The van der Waals surface area contributed by atoms with Gasteiger partial charge in [0.1, 0.15) is 6.10 Å². The molecule has 0 saturated carbocycles. The summed E-state index contributed by atoms with van der Waals surface area (Å²) in [6.45, 7) is 0. The van der Waals surface area contributed by atoms with Crippen molar-refractivity contribution in [2.24, 2.45) is 0 Å². The Morgan fingerprint density at radius 3 is 2.62 bits per heavy atom. The van der Waals surface area contributed by atoms with Gasteiger partial charge in [0.05, 0.1) is 16.6 Å². The normalized spacial score (nSPS) is 13.9. The molecule has 0 fully saturated rings. The zero-order chi connectivity index (χ0) is 12.3. The van der Waals surface area contributed by atoms with Crippen LogP contribution >= 0.6 is 11.6 Å². The van der Waals surface area contributed by atoms with E-state index in [1.807, 2.05) is 0 Å². The maximum Gasteiger partial charge on any atom is 0.276 e. The lowest BCUT2D eigenvalue weighted by Crippen LogP contribution is -2.17. The van der Waals surface area contributed by atoms with Crippen LogP contribution in [0.5, 0.6) is 0 Å². The Hall–Kier alpha value is -1.68. The Balaban J connectivity index is 3.23. The van der Waals surface area contributed by atoms with Crippen LogP contribution in [0.1, 0.15) is 11.7 Å². The summed E-state index contributed by atoms with van der Waals surface area (Å²) in [5.74, 6) is 0. The van der Waals surface area contributed by atoms with Crippen LogP contribution < -0.4 is 0 Å². The zero-order valence-corrected chi connectivity index (χ0v) is 8.63. The molecule has 1 aromatic carbocycles. The Kier molecular flexibility index (Phi) is 3.79.